The minimum absolute atomic E-state index is 0. The number of piperidine rings is 1. The van der Waals surface area contributed by atoms with E-state index < -0.39 is 0 Å². The Morgan fingerprint density at radius 1 is 1.41 bits per heavy atom. The number of nitrogens with one attached hydrogen (secondary N) is 1. The first-order valence-electron chi connectivity index (χ1n) is 9.06. The molecule has 0 radical (unpaired) electrons. The monoisotopic (exact) mass is 507 g/mol. The molecular weight excluding hydrogens is 477 g/mol. The summed E-state index contributed by atoms with van der Waals surface area (Å²) in [4.78, 5) is 20.1. The molecule has 1 aromatic rings. The summed E-state index contributed by atoms with van der Waals surface area (Å²) in [5, 5.41) is 4.23. The zero-order valence-electron chi connectivity index (χ0n) is 16.3. The maximum absolute atomic E-state index is 11.2. The number of benzene rings is 1. The van der Waals surface area contributed by atoms with Gasteiger partial charge in [-0.25, -0.2) is 0 Å². The summed E-state index contributed by atoms with van der Waals surface area (Å²) in [6.07, 6.45) is 2.53. The molecule has 1 aliphatic rings. The summed E-state index contributed by atoms with van der Waals surface area (Å²) in [5.74, 6) is 0.955. The third-order valence-electron chi connectivity index (χ3n) is 4.85. The van der Waals surface area contributed by atoms with Gasteiger partial charge in [0.1, 0.15) is 0 Å². The summed E-state index contributed by atoms with van der Waals surface area (Å²) in [7, 11) is 5.92. The number of aliphatic imine (C=N–C) groups is 1. The summed E-state index contributed by atoms with van der Waals surface area (Å²) in [6.45, 7) is 2.50. The number of hydrogen-bond acceptors (Lipinski definition) is 3. The van der Waals surface area contributed by atoms with Crippen LogP contribution >= 0.6 is 35.6 Å². The number of guanidine groups is 1. The SMILES string of the molecule is CN=C(NCC(c1ccc(Cl)cc1)N(C)C)N1CCCC(CC(N)=O)C1.I. The molecule has 1 amide bonds. The number of primary amides is 1. The summed E-state index contributed by atoms with van der Waals surface area (Å²) in [6, 6.07) is 8.15. The van der Waals surface area contributed by atoms with Crippen molar-refractivity contribution in [1.29, 1.82) is 0 Å². The van der Waals surface area contributed by atoms with Crippen molar-refractivity contribution in [3.05, 3.63) is 34.9 Å². The zero-order valence-corrected chi connectivity index (χ0v) is 19.4. The maximum Gasteiger partial charge on any atom is 0.217 e. The third kappa shape index (κ3) is 7.46. The summed E-state index contributed by atoms with van der Waals surface area (Å²) in [5.41, 5.74) is 6.57. The minimum Gasteiger partial charge on any atom is -0.370 e. The number of halogens is 2. The van der Waals surface area contributed by atoms with Crippen LogP contribution in [0.3, 0.4) is 0 Å². The van der Waals surface area contributed by atoms with Crippen molar-refractivity contribution in [2.75, 3.05) is 40.8 Å². The molecule has 0 saturated carbocycles. The molecule has 1 saturated heterocycles. The Balaban J connectivity index is 0.00000364. The van der Waals surface area contributed by atoms with Crippen molar-refractivity contribution >= 4 is 47.4 Å². The number of amides is 1. The van der Waals surface area contributed by atoms with Crippen LogP contribution in [0.1, 0.15) is 30.9 Å². The van der Waals surface area contributed by atoms with Gasteiger partial charge in [0.15, 0.2) is 5.96 Å². The fourth-order valence-corrected chi connectivity index (χ4v) is 3.64. The van der Waals surface area contributed by atoms with Crippen LogP contribution in [0.15, 0.2) is 29.3 Å². The largest absolute Gasteiger partial charge is 0.370 e. The molecule has 2 atom stereocenters. The van der Waals surface area contributed by atoms with Crippen LogP contribution in [0, 0.1) is 5.92 Å². The Bertz CT molecular complexity index is 623. The molecule has 1 heterocycles. The van der Waals surface area contributed by atoms with Crippen molar-refractivity contribution in [2.24, 2.45) is 16.6 Å². The van der Waals surface area contributed by atoms with Crippen LogP contribution in [0.4, 0.5) is 0 Å². The zero-order chi connectivity index (χ0) is 19.1. The fraction of sp³-hybridized carbons (Fsp3) is 0.579. The van der Waals surface area contributed by atoms with Crippen molar-refractivity contribution in [1.82, 2.24) is 15.1 Å². The van der Waals surface area contributed by atoms with E-state index in [4.69, 9.17) is 17.3 Å². The van der Waals surface area contributed by atoms with Gasteiger partial charge in [0.25, 0.3) is 0 Å². The normalized spacial score (nSPS) is 18.8. The van der Waals surface area contributed by atoms with Crippen LogP contribution in [-0.2, 0) is 4.79 Å². The highest BCUT2D eigenvalue weighted by molar-refractivity contribution is 14.0. The predicted molar refractivity (Wildman–Crippen MR) is 123 cm³/mol. The number of likely N-dealkylation sites (N-methyl/N-ethyl adjacent to an activating group) is 1. The molecule has 152 valence electrons. The molecule has 1 aliphatic heterocycles. The average Bonchev–Trinajstić information content (AvgIpc) is 2.59. The predicted octanol–water partition coefficient (Wildman–Crippen LogP) is 2.72. The second-order valence-corrected chi connectivity index (χ2v) is 7.52. The number of hydrogen-bond donors (Lipinski definition) is 2. The maximum atomic E-state index is 11.2. The van der Waals surface area contributed by atoms with E-state index in [2.05, 4.69) is 46.3 Å². The van der Waals surface area contributed by atoms with E-state index in [-0.39, 0.29) is 35.9 Å². The molecule has 0 aliphatic carbocycles. The molecule has 27 heavy (non-hydrogen) atoms. The first kappa shape index (κ1) is 24.0. The van der Waals surface area contributed by atoms with Crippen molar-refractivity contribution in [3.8, 4) is 0 Å². The number of carbonyl (C=O) groups excluding carboxylic acids is 1. The third-order valence-corrected chi connectivity index (χ3v) is 5.10. The van der Waals surface area contributed by atoms with Gasteiger partial charge in [-0.15, -0.1) is 24.0 Å². The van der Waals surface area contributed by atoms with E-state index in [9.17, 15) is 4.79 Å². The standard InChI is InChI=1S/C19H30ClN5O.HI/c1-22-19(25-10-4-5-14(13-25)11-18(21)26)23-12-17(24(2)3)15-6-8-16(20)9-7-15;/h6-9,14,17H,4-5,10-13H2,1-3H3,(H2,21,26)(H,22,23);1H. The quantitative estimate of drug-likeness (QED) is 0.353. The van der Waals surface area contributed by atoms with Gasteiger partial charge in [-0.1, -0.05) is 23.7 Å². The second-order valence-electron chi connectivity index (χ2n) is 7.08. The molecule has 0 spiro atoms. The highest BCUT2D eigenvalue weighted by atomic mass is 127. The Labute approximate surface area is 184 Å². The van der Waals surface area contributed by atoms with Crippen LogP contribution in [0.5, 0.6) is 0 Å². The minimum atomic E-state index is -0.227. The van der Waals surface area contributed by atoms with Gasteiger partial charge in [0.2, 0.25) is 5.91 Å². The number of rotatable bonds is 6. The lowest BCUT2D eigenvalue weighted by molar-refractivity contribution is -0.119. The highest BCUT2D eigenvalue weighted by Crippen LogP contribution is 2.21. The number of nitrogens with zero attached hydrogens (tertiary/aromatic N) is 3. The van der Waals surface area contributed by atoms with Gasteiger partial charge in [-0.2, -0.15) is 0 Å². The van der Waals surface area contributed by atoms with Crippen molar-refractivity contribution in [3.63, 3.8) is 0 Å². The van der Waals surface area contributed by atoms with Crippen LogP contribution in [0.25, 0.3) is 0 Å². The lowest BCUT2D eigenvalue weighted by atomic mass is 9.95. The topological polar surface area (TPSA) is 74.0 Å². The van der Waals surface area contributed by atoms with E-state index in [0.717, 1.165) is 43.5 Å². The molecule has 0 aromatic heterocycles. The average molecular weight is 508 g/mol. The molecule has 0 bridgehead atoms. The number of nitrogens with two attached hydrogens (primary N) is 1. The van der Waals surface area contributed by atoms with Gasteiger partial charge < -0.3 is 20.9 Å². The van der Waals surface area contributed by atoms with Crippen LogP contribution < -0.4 is 11.1 Å². The molecule has 8 heteroatoms. The Morgan fingerprint density at radius 3 is 2.63 bits per heavy atom. The summed E-state index contributed by atoms with van der Waals surface area (Å²) < 4.78 is 0. The molecule has 1 fully saturated rings. The number of carbonyl (C=O) groups is 1. The van der Waals surface area contributed by atoms with Crippen LogP contribution in [-0.4, -0.2) is 62.4 Å². The lowest BCUT2D eigenvalue weighted by Gasteiger charge is -2.35. The second kappa shape index (κ2) is 11.7. The first-order valence-corrected chi connectivity index (χ1v) is 9.44. The van der Waals surface area contributed by atoms with Gasteiger partial charge in [0, 0.05) is 38.1 Å². The first-order chi connectivity index (χ1) is 12.4. The lowest BCUT2D eigenvalue weighted by Crippen LogP contribution is -2.48. The van der Waals surface area contributed by atoms with Gasteiger partial charge >= 0.3 is 0 Å². The van der Waals surface area contributed by atoms with E-state index >= 15 is 0 Å². The van der Waals surface area contributed by atoms with Crippen molar-refractivity contribution < 1.29 is 4.79 Å². The van der Waals surface area contributed by atoms with Gasteiger partial charge in [-0.05, 0) is 50.6 Å². The van der Waals surface area contributed by atoms with Gasteiger partial charge in [-0.3, -0.25) is 9.79 Å². The fourth-order valence-electron chi connectivity index (χ4n) is 3.51. The molecule has 3 N–H and O–H groups in total. The molecular formula is C19H31ClIN5O. The molecule has 2 rings (SSSR count). The van der Waals surface area contributed by atoms with E-state index in [1.165, 1.54) is 5.56 Å². The Hall–Kier alpha value is -1.06. The molecule has 2 unspecified atom stereocenters. The smallest absolute Gasteiger partial charge is 0.217 e. The highest BCUT2D eigenvalue weighted by Gasteiger charge is 2.24. The Morgan fingerprint density at radius 2 is 2.07 bits per heavy atom. The van der Waals surface area contributed by atoms with E-state index in [1.807, 2.05) is 12.1 Å². The Kier molecular flexibility index (Phi) is 10.4. The summed E-state index contributed by atoms with van der Waals surface area (Å²) >= 11 is 6.01. The van der Waals surface area contributed by atoms with Crippen LogP contribution in [0.2, 0.25) is 5.02 Å². The number of likely N-dealkylation sites (tertiary alicyclic amines) is 1. The van der Waals surface area contributed by atoms with E-state index in [0.29, 0.717) is 12.3 Å². The molecule has 6 nitrogen and oxygen atoms in total. The van der Waals surface area contributed by atoms with E-state index in [1.54, 1.807) is 7.05 Å². The van der Waals surface area contributed by atoms with Crippen molar-refractivity contribution in [2.45, 2.75) is 25.3 Å². The van der Waals surface area contributed by atoms with Gasteiger partial charge in [0.05, 0.1) is 6.04 Å². The molecule has 1 aromatic carbocycles.